The topological polar surface area (TPSA) is 26.3 Å². The highest BCUT2D eigenvalue weighted by atomic mass is 16.5. The average Bonchev–Trinajstić information content (AvgIpc) is 2.74. The van der Waals surface area contributed by atoms with E-state index in [2.05, 4.69) is 36.4 Å². The number of benzene rings is 4. The fourth-order valence-corrected chi connectivity index (χ4v) is 3.53. The number of para-hydroxylation sites is 1. The van der Waals surface area contributed by atoms with Crippen LogP contribution in [-0.4, -0.2) is 12.9 Å². The molecule has 0 saturated heterocycles. The second kappa shape index (κ2) is 7.46. The molecule has 4 rings (SSSR count). The van der Waals surface area contributed by atoms with Gasteiger partial charge in [0.1, 0.15) is 5.75 Å². The van der Waals surface area contributed by atoms with Crippen molar-refractivity contribution in [2.45, 2.75) is 6.42 Å². The minimum atomic E-state index is -0.0108. The molecule has 4 aromatic carbocycles. The van der Waals surface area contributed by atoms with E-state index >= 15 is 0 Å². The van der Waals surface area contributed by atoms with Crippen LogP contribution in [0.3, 0.4) is 0 Å². The van der Waals surface area contributed by atoms with Gasteiger partial charge in [0.2, 0.25) is 0 Å². The maximum Gasteiger partial charge on any atom is 0.197 e. The summed E-state index contributed by atoms with van der Waals surface area (Å²) in [7, 11) is 1.59. The van der Waals surface area contributed by atoms with Gasteiger partial charge in [0.15, 0.2) is 5.78 Å². The van der Waals surface area contributed by atoms with E-state index < -0.39 is 0 Å². The molecule has 4 aromatic rings. The summed E-state index contributed by atoms with van der Waals surface area (Å²) in [5.41, 5.74) is 3.54. The molecule has 0 aliphatic rings. The zero-order chi connectivity index (χ0) is 18.6. The van der Waals surface area contributed by atoms with Crippen LogP contribution in [0.1, 0.15) is 27.0 Å². The van der Waals surface area contributed by atoms with Crippen molar-refractivity contribution in [3.05, 3.63) is 113 Å². The number of hydrogen-bond donors (Lipinski definition) is 0. The number of carbonyl (C=O) groups is 1. The molecule has 27 heavy (non-hydrogen) atoms. The van der Waals surface area contributed by atoms with Crippen LogP contribution in [0.5, 0.6) is 5.75 Å². The number of carbonyl (C=O) groups excluding carboxylic acids is 1. The van der Waals surface area contributed by atoms with Crippen molar-refractivity contribution in [1.29, 1.82) is 0 Å². The first-order chi connectivity index (χ1) is 13.3. The van der Waals surface area contributed by atoms with E-state index in [1.54, 1.807) is 7.11 Å². The van der Waals surface area contributed by atoms with Crippen LogP contribution in [0, 0.1) is 0 Å². The molecule has 0 heterocycles. The normalized spacial score (nSPS) is 10.7. The standard InChI is InChI=1S/C25H20O2/c1-27-24-16-7-6-15-23(24)25(26)22-14-5-3-10-20(22)17-19-12-8-11-18-9-2-4-13-21(18)19/h2-16H,17H2,1H3. The van der Waals surface area contributed by atoms with E-state index in [1.807, 2.05) is 54.6 Å². The lowest BCUT2D eigenvalue weighted by Crippen LogP contribution is -2.07. The van der Waals surface area contributed by atoms with Crippen LogP contribution in [0.25, 0.3) is 10.8 Å². The van der Waals surface area contributed by atoms with Crippen molar-refractivity contribution in [2.75, 3.05) is 7.11 Å². The number of methoxy groups -OCH3 is 1. The van der Waals surface area contributed by atoms with Crippen molar-refractivity contribution < 1.29 is 9.53 Å². The van der Waals surface area contributed by atoms with Gasteiger partial charge < -0.3 is 4.74 Å². The highest BCUT2D eigenvalue weighted by molar-refractivity contribution is 6.11. The molecule has 2 heteroatoms. The monoisotopic (exact) mass is 352 g/mol. The van der Waals surface area contributed by atoms with Gasteiger partial charge in [0, 0.05) is 5.56 Å². The van der Waals surface area contributed by atoms with Crippen molar-refractivity contribution in [1.82, 2.24) is 0 Å². The molecule has 0 N–H and O–H groups in total. The van der Waals surface area contributed by atoms with E-state index in [0.717, 1.165) is 11.1 Å². The molecular formula is C25H20O2. The van der Waals surface area contributed by atoms with E-state index in [-0.39, 0.29) is 5.78 Å². The molecule has 132 valence electrons. The number of fused-ring (bicyclic) bond motifs is 1. The van der Waals surface area contributed by atoms with Gasteiger partial charge in [-0.2, -0.15) is 0 Å². The lowest BCUT2D eigenvalue weighted by atomic mass is 9.92. The fraction of sp³-hybridized carbons (Fsp3) is 0.0800. The summed E-state index contributed by atoms with van der Waals surface area (Å²) < 4.78 is 5.38. The molecule has 0 atom stereocenters. The molecule has 0 aliphatic carbocycles. The summed E-state index contributed by atoms with van der Waals surface area (Å²) in [6.07, 6.45) is 0.707. The third kappa shape index (κ3) is 3.34. The molecule has 0 aliphatic heterocycles. The SMILES string of the molecule is COc1ccccc1C(=O)c1ccccc1Cc1cccc2ccccc12. The van der Waals surface area contributed by atoms with Gasteiger partial charge in [-0.1, -0.05) is 78.9 Å². The lowest BCUT2D eigenvalue weighted by molar-refractivity contribution is 0.103. The molecule has 0 spiro atoms. The second-order valence-corrected chi connectivity index (χ2v) is 6.50. The van der Waals surface area contributed by atoms with Gasteiger partial charge in [-0.05, 0) is 40.5 Å². The number of ketones is 1. The third-order valence-electron chi connectivity index (χ3n) is 4.87. The van der Waals surface area contributed by atoms with Gasteiger partial charge in [-0.3, -0.25) is 4.79 Å². The molecule has 0 amide bonds. The zero-order valence-electron chi connectivity index (χ0n) is 15.2. The zero-order valence-corrected chi connectivity index (χ0v) is 15.2. The maximum absolute atomic E-state index is 13.2. The van der Waals surface area contributed by atoms with Crippen LogP contribution in [0.4, 0.5) is 0 Å². The van der Waals surface area contributed by atoms with Crippen LogP contribution in [-0.2, 0) is 6.42 Å². The Morgan fingerprint density at radius 2 is 1.33 bits per heavy atom. The Hall–Kier alpha value is -3.39. The van der Waals surface area contributed by atoms with Crippen molar-refractivity contribution in [3.8, 4) is 5.75 Å². The number of ether oxygens (including phenoxy) is 1. The van der Waals surface area contributed by atoms with Crippen LogP contribution >= 0.6 is 0 Å². The Labute approximate surface area is 159 Å². The van der Waals surface area contributed by atoms with Crippen LogP contribution in [0.2, 0.25) is 0 Å². The Morgan fingerprint density at radius 1 is 0.704 bits per heavy atom. The molecule has 0 unspecified atom stereocenters. The quantitative estimate of drug-likeness (QED) is 0.433. The Morgan fingerprint density at radius 3 is 2.19 bits per heavy atom. The molecule has 0 fully saturated rings. The first-order valence-electron chi connectivity index (χ1n) is 9.00. The van der Waals surface area contributed by atoms with Gasteiger partial charge >= 0.3 is 0 Å². The summed E-state index contributed by atoms with van der Waals surface area (Å²) in [6, 6.07) is 29.9. The van der Waals surface area contributed by atoms with Crippen molar-refractivity contribution in [2.24, 2.45) is 0 Å². The summed E-state index contributed by atoms with van der Waals surface area (Å²) in [5.74, 6) is 0.589. The Balaban J connectivity index is 1.76. The molecule has 0 bridgehead atoms. The molecule has 0 saturated carbocycles. The third-order valence-corrected chi connectivity index (χ3v) is 4.87. The Bertz CT molecular complexity index is 1110. The van der Waals surface area contributed by atoms with E-state index in [4.69, 9.17) is 4.74 Å². The summed E-state index contributed by atoms with van der Waals surface area (Å²) in [6.45, 7) is 0. The second-order valence-electron chi connectivity index (χ2n) is 6.50. The highest BCUT2D eigenvalue weighted by Crippen LogP contribution is 2.26. The molecular weight excluding hydrogens is 332 g/mol. The molecule has 2 nitrogen and oxygen atoms in total. The molecule has 0 aromatic heterocycles. The first kappa shape index (κ1) is 17.0. The minimum Gasteiger partial charge on any atom is -0.496 e. The summed E-state index contributed by atoms with van der Waals surface area (Å²) >= 11 is 0. The number of hydrogen-bond acceptors (Lipinski definition) is 2. The molecule has 0 radical (unpaired) electrons. The fourth-order valence-electron chi connectivity index (χ4n) is 3.53. The summed E-state index contributed by atoms with van der Waals surface area (Å²) in [4.78, 5) is 13.2. The van der Waals surface area contributed by atoms with E-state index in [0.29, 0.717) is 17.7 Å². The van der Waals surface area contributed by atoms with Gasteiger partial charge in [-0.25, -0.2) is 0 Å². The van der Waals surface area contributed by atoms with Crippen LogP contribution in [0.15, 0.2) is 91.0 Å². The summed E-state index contributed by atoms with van der Waals surface area (Å²) in [5, 5.41) is 2.43. The largest absolute Gasteiger partial charge is 0.496 e. The smallest absolute Gasteiger partial charge is 0.197 e. The average molecular weight is 352 g/mol. The minimum absolute atomic E-state index is 0.0108. The predicted molar refractivity (Wildman–Crippen MR) is 110 cm³/mol. The van der Waals surface area contributed by atoms with Gasteiger partial charge in [-0.15, -0.1) is 0 Å². The van der Waals surface area contributed by atoms with E-state index in [1.165, 1.54) is 16.3 Å². The lowest BCUT2D eigenvalue weighted by Gasteiger charge is -2.12. The van der Waals surface area contributed by atoms with Crippen molar-refractivity contribution >= 4 is 16.6 Å². The predicted octanol–water partition coefficient (Wildman–Crippen LogP) is 5.67. The Kier molecular flexibility index (Phi) is 4.71. The first-order valence-corrected chi connectivity index (χ1v) is 9.00. The highest BCUT2D eigenvalue weighted by Gasteiger charge is 2.17. The van der Waals surface area contributed by atoms with Gasteiger partial charge in [0.25, 0.3) is 0 Å². The number of rotatable bonds is 5. The van der Waals surface area contributed by atoms with Crippen LogP contribution < -0.4 is 4.74 Å². The van der Waals surface area contributed by atoms with E-state index in [9.17, 15) is 4.79 Å². The van der Waals surface area contributed by atoms with Gasteiger partial charge in [0.05, 0.1) is 12.7 Å². The maximum atomic E-state index is 13.2. The van der Waals surface area contributed by atoms with Crippen molar-refractivity contribution in [3.63, 3.8) is 0 Å².